The highest BCUT2D eigenvalue weighted by molar-refractivity contribution is 7.21. The number of hydrogen-bond acceptors (Lipinski definition) is 5. The summed E-state index contributed by atoms with van der Waals surface area (Å²) in [5.74, 6) is -0.0632. The third-order valence-corrected chi connectivity index (χ3v) is 5.60. The van der Waals surface area contributed by atoms with E-state index in [1.54, 1.807) is 22.7 Å². The van der Waals surface area contributed by atoms with Gasteiger partial charge in [-0.3, -0.25) is 4.79 Å². The van der Waals surface area contributed by atoms with Crippen LogP contribution in [0.1, 0.15) is 10.7 Å². The fraction of sp³-hybridized carbons (Fsp3) is 0.105. The number of nitrogens with zero attached hydrogens (tertiary/aromatic N) is 2. The van der Waals surface area contributed by atoms with Gasteiger partial charge in [0, 0.05) is 16.6 Å². The van der Waals surface area contributed by atoms with Crippen LogP contribution >= 0.6 is 22.7 Å². The first-order valence-electron chi connectivity index (χ1n) is 7.84. The standard InChI is InChI=1S/C19H15N3OS2/c1-12-20-15(11-24-12)10-18(23)21-14-6-4-5-13(9-14)19-22-16-7-2-3-8-17(16)25-19/h2-9,11H,10H2,1H3,(H,21,23). The van der Waals surface area contributed by atoms with Crippen molar-refractivity contribution in [3.63, 3.8) is 0 Å². The zero-order chi connectivity index (χ0) is 17.2. The average Bonchev–Trinajstić information content (AvgIpc) is 3.21. The molecule has 0 aliphatic heterocycles. The molecule has 25 heavy (non-hydrogen) atoms. The Balaban J connectivity index is 1.53. The molecular formula is C19H15N3OS2. The number of amides is 1. The number of para-hydroxylation sites is 1. The van der Waals surface area contributed by atoms with Crippen molar-refractivity contribution in [2.75, 3.05) is 5.32 Å². The van der Waals surface area contributed by atoms with Gasteiger partial charge in [-0.05, 0) is 31.2 Å². The molecule has 0 spiro atoms. The van der Waals surface area contributed by atoms with Gasteiger partial charge in [0.15, 0.2) is 0 Å². The zero-order valence-corrected chi connectivity index (χ0v) is 15.2. The van der Waals surface area contributed by atoms with Crippen LogP contribution in [0.5, 0.6) is 0 Å². The Hall–Kier alpha value is -2.57. The smallest absolute Gasteiger partial charge is 0.230 e. The second-order valence-corrected chi connectivity index (χ2v) is 7.74. The number of aromatic nitrogens is 2. The summed E-state index contributed by atoms with van der Waals surface area (Å²) in [4.78, 5) is 21.2. The molecule has 0 bridgehead atoms. The number of rotatable bonds is 4. The molecule has 4 nitrogen and oxygen atoms in total. The van der Waals surface area contributed by atoms with Gasteiger partial charge < -0.3 is 5.32 Å². The maximum atomic E-state index is 12.2. The first-order valence-corrected chi connectivity index (χ1v) is 9.54. The summed E-state index contributed by atoms with van der Waals surface area (Å²) in [7, 11) is 0. The van der Waals surface area contributed by atoms with Crippen LogP contribution in [0.25, 0.3) is 20.8 Å². The summed E-state index contributed by atoms with van der Waals surface area (Å²) in [6.07, 6.45) is 0.287. The molecule has 0 aliphatic rings. The summed E-state index contributed by atoms with van der Waals surface area (Å²) in [5.41, 5.74) is 3.58. The van der Waals surface area contributed by atoms with Gasteiger partial charge in [-0.1, -0.05) is 24.3 Å². The van der Waals surface area contributed by atoms with E-state index in [9.17, 15) is 4.79 Å². The molecule has 124 valence electrons. The third kappa shape index (κ3) is 3.60. The van der Waals surface area contributed by atoms with Crippen molar-refractivity contribution >= 4 is 44.5 Å². The number of benzene rings is 2. The first-order chi connectivity index (χ1) is 12.2. The molecule has 0 saturated carbocycles. The van der Waals surface area contributed by atoms with Crippen LogP contribution in [-0.4, -0.2) is 15.9 Å². The van der Waals surface area contributed by atoms with E-state index in [1.807, 2.05) is 54.8 Å². The van der Waals surface area contributed by atoms with Crippen molar-refractivity contribution in [3.8, 4) is 10.6 Å². The van der Waals surface area contributed by atoms with E-state index in [2.05, 4.69) is 21.4 Å². The van der Waals surface area contributed by atoms with Gasteiger partial charge in [0.05, 0.1) is 27.3 Å². The Morgan fingerprint density at radius 3 is 2.80 bits per heavy atom. The number of fused-ring (bicyclic) bond motifs is 1. The molecule has 0 aliphatic carbocycles. The second-order valence-electron chi connectivity index (χ2n) is 5.65. The lowest BCUT2D eigenvalue weighted by Crippen LogP contribution is -2.14. The zero-order valence-electron chi connectivity index (χ0n) is 13.5. The third-order valence-electron chi connectivity index (χ3n) is 3.70. The molecule has 6 heteroatoms. The Bertz CT molecular complexity index is 1020. The summed E-state index contributed by atoms with van der Waals surface area (Å²) in [6.45, 7) is 1.94. The van der Waals surface area contributed by atoms with Crippen LogP contribution in [0.2, 0.25) is 0 Å². The van der Waals surface area contributed by atoms with E-state index >= 15 is 0 Å². The van der Waals surface area contributed by atoms with Gasteiger partial charge in [-0.25, -0.2) is 9.97 Å². The molecular weight excluding hydrogens is 350 g/mol. The highest BCUT2D eigenvalue weighted by atomic mass is 32.1. The maximum Gasteiger partial charge on any atom is 0.230 e. The molecule has 4 rings (SSSR count). The van der Waals surface area contributed by atoms with E-state index in [-0.39, 0.29) is 12.3 Å². The number of carbonyl (C=O) groups excluding carboxylic acids is 1. The van der Waals surface area contributed by atoms with Crippen molar-refractivity contribution in [2.24, 2.45) is 0 Å². The van der Waals surface area contributed by atoms with Gasteiger partial charge in [-0.15, -0.1) is 22.7 Å². The van der Waals surface area contributed by atoms with E-state index in [0.717, 1.165) is 37.2 Å². The Kier molecular flexibility index (Phi) is 4.29. The van der Waals surface area contributed by atoms with Crippen molar-refractivity contribution in [1.82, 2.24) is 9.97 Å². The highest BCUT2D eigenvalue weighted by Crippen LogP contribution is 2.31. The lowest BCUT2D eigenvalue weighted by Gasteiger charge is -2.05. The molecule has 2 heterocycles. The molecule has 2 aromatic carbocycles. The fourth-order valence-electron chi connectivity index (χ4n) is 2.58. The average molecular weight is 365 g/mol. The van der Waals surface area contributed by atoms with Gasteiger partial charge in [0.1, 0.15) is 5.01 Å². The van der Waals surface area contributed by atoms with Gasteiger partial charge in [0.2, 0.25) is 5.91 Å². The summed E-state index contributed by atoms with van der Waals surface area (Å²) >= 11 is 3.21. The number of nitrogens with one attached hydrogen (secondary N) is 1. The molecule has 0 radical (unpaired) electrons. The highest BCUT2D eigenvalue weighted by Gasteiger charge is 2.09. The van der Waals surface area contributed by atoms with Crippen LogP contribution in [0.4, 0.5) is 5.69 Å². The predicted molar refractivity (Wildman–Crippen MR) is 104 cm³/mol. The lowest BCUT2D eigenvalue weighted by atomic mass is 10.2. The lowest BCUT2D eigenvalue weighted by molar-refractivity contribution is -0.115. The largest absolute Gasteiger partial charge is 0.326 e. The van der Waals surface area contributed by atoms with E-state index in [1.165, 1.54) is 0 Å². The molecule has 0 unspecified atom stereocenters. The number of anilines is 1. The number of carbonyl (C=O) groups is 1. The molecule has 2 aromatic heterocycles. The minimum Gasteiger partial charge on any atom is -0.326 e. The van der Waals surface area contributed by atoms with Gasteiger partial charge in [0.25, 0.3) is 0 Å². The van der Waals surface area contributed by atoms with E-state index < -0.39 is 0 Å². The Morgan fingerprint density at radius 1 is 1.12 bits per heavy atom. The van der Waals surface area contributed by atoms with Crippen LogP contribution < -0.4 is 5.32 Å². The molecule has 0 fully saturated rings. The maximum absolute atomic E-state index is 12.2. The number of hydrogen-bond donors (Lipinski definition) is 1. The number of thiazole rings is 2. The molecule has 1 N–H and O–H groups in total. The van der Waals surface area contributed by atoms with E-state index in [4.69, 9.17) is 0 Å². The van der Waals surface area contributed by atoms with Crippen LogP contribution in [0.15, 0.2) is 53.9 Å². The fourth-order valence-corrected chi connectivity index (χ4v) is 4.16. The predicted octanol–water partition coefficient (Wildman–Crippen LogP) is 4.91. The van der Waals surface area contributed by atoms with Crippen molar-refractivity contribution < 1.29 is 4.79 Å². The first kappa shape index (κ1) is 15.9. The van der Waals surface area contributed by atoms with Crippen LogP contribution in [-0.2, 0) is 11.2 Å². The summed E-state index contributed by atoms with van der Waals surface area (Å²) in [6, 6.07) is 15.9. The quantitative estimate of drug-likeness (QED) is 0.559. The monoisotopic (exact) mass is 365 g/mol. The molecule has 0 saturated heterocycles. The Morgan fingerprint density at radius 2 is 2.00 bits per heavy atom. The number of aryl methyl sites for hydroxylation is 1. The normalized spacial score (nSPS) is 10.9. The summed E-state index contributed by atoms with van der Waals surface area (Å²) in [5, 5.41) is 6.79. The molecule has 1 amide bonds. The van der Waals surface area contributed by atoms with Crippen LogP contribution in [0, 0.1) is 6.92 Å². The second kappa shape index (κ2) is 6.74. The Labute approximate surface area is 153 Å². The van der Waals surface area contributed by atoms with Crippen molar-refractivity contribution in [3.05, 3.63) is 64.6 Å². The molecule has 0 atom stereocenters. The topological polar surface area (TPSA) is 54.9 Å². The SMILES string of the molecule is Cc1nc(CC(=O)Nc2cccc(-c3nc4ccccc4s3)c2)cs1. The minimum absolute atomic E-state index is 0.0632. The molecule has 4 aromatic rings. The minimum atomic E-state index is -0.0632. The van der Waals surface area contributed by atoms with E-state index in [0.29, 0.717) is 0 Å². The van der Waals surface area contributed by atoms with Gasteiger partial charge >= 0.3 is 0 Å². The van der Waals surface area contributed by atoms with Crippen molar-refractivity contribution in [2.45, 2.75) is 13.3 Å². The van der Waals surface area contributed by atoms with Crippen molar-refractivity contribution in [1.29, 1.82) is 0 Å². The summed E-state index contributed by atoms with van der Waals surface area (Å²) < 4.78 is 1.16. The van der Waals surface area contributed by atoms with Crippen LogP contribution in [0.3, 0.4) is 0 Å². The van der Waals surface area contributed by atoms with Gasteiger partial charge in [-0.2, -0.15) is 0 Å².